The fraction of sp³-hybridized carbons (Fsp3) is 0.174. The normalized spacial score (nSPS) is 16.6. The maximum Gasteiger partial charge on any atom is 0.228 e. The summed E-state index contributed by atoms with van der Waals surface area (Å²) in [5.41, 5.74) is 3.47. The van der Waals surface area contributed by atoms with Crippen LogP contribution in [0.3, 0.4) is 0 Å². The second-order valence-electron chi connectivity index (χ2n) is 6.54. The summed E-state index contributed by atoms with van der Waals surface area (Å²) < 4.78 is 0. The van der Waals surface area contributed by atoms with Gasteiger partial charge in [-0.2, -0.15) is 0 Å². The van der Waals surface area contributed by atoms with Gasteiger partial charge in [0.1, 0.15) is 0 Å². The fourth-order valence-electron chi connectivity index (χ4n) is 3.86. The number of nitrogens with zero attached hydrogens (tertiary/aromatic N) is 1. The van der Waals surface area contributed by atoms with Crippen molar-refractivity contribution in [3.63, 3.8) is 0 Å². The van der Waals surface area contributed by atoms with E-state index in [9.17, 15) is 4.79 Å². The molecule has 0 aliphatic carbocycles. The Hall–Kier alpha value is -2.52. The lowest BCUT2D eigenvalue weighted by molar-refractivity contribution is -0.119. The van der Waals surface area contributed by atoms with Gasteiger partial charge in [-0.05, 0) is 46.4 Å². The summed E-state index contributed by atoms with van der Waals surface area (Å²) in [6.45, 7) is 4.37. The van der Waals surface area contributed by atoms with Gasteiger partial charge in [-0.1, -0.05) is 48.5 Å². The molecule has 1 unspecified atom stereocenters. The molecule has 0 saturated heterocycles. The van der Waals surface area contributed by atoms with Gasteiger partial charge in [-0.25, -0.2) is 0 Å². The van der Waals surface area contributed by atoms with E-state index in [1.807, 2.05) is 4.90 Å². The molecule has 1 aliphatic rings. The van der Waals surface area contributed by atoms with Crippen LogP contribution in [0.4, 0.5) is 5.69 Å². The molecule has 0 aromatic heterocycles. The van der Waals surface area contributed by atoms with Crippen molar-refractivity contribution in [2.75, 3.05) is 17.7 Å². The average molecular weight is 359 g/mol. The first-order valence-corrected chi connectivity index (χ1v) is 10.0. The summed E-state index contributed by atoms with van der Waals surface area (Å²) >= 11 is 1.73. The Balaban J connectivity index is 1.93. The number of hydrogen-bond donors (Lipinski definition) is 0. The Morgan fingerprint density at radius 2 is 1.88 bits per heavy atom. The van der Waals surface area contributed by atoms with E-state index in [0.717, 1.165) is 5.69 Å². The Labute approximate surface area is 158 Å². The second kappa shape index (κ2) is 7.00. The van der Waals surface area contributed by atoms with Crippen LogP contribution in [0.2, 0.25) is 0 Å². The minimum Gasteiger partial charge on any atom is -0.308 e. The molecule has 0 radical (unpaired) electrons. The van der Waals surface area contributed by atoms with Crippen LogP contribution in [0.1, 0.15) is 23.5 Å². The first-order valence-electron chi connectivity index (χ1n) is 8.79. The van der Waals surface area contributed by atoms with Crippen LogP contribution in [0.5, 0.6) is 0 Å². The SMILES string of the molecule is C=CCN1C(=O)CC(c2ccc(SC)cc2)c2c1ccc1ccccc21. The maximum atomic E-state index is 12.9. The molecule has 130 valence electrons. The third kappa shape index (κ3) is 2.82. The molecule has 1 amide bonds. The van der Waals surface area contributed by atoms with E-state index >= 15 is 0 Å². The number of rotatable bonds is 4. The van der Waals surface area contributed by atoms with E-state index in [0.29, 0.717) is 13.0 Å². The molecule has 0 bridgehead atoms. The molecule has 1 aliphatic heterocycles. The lowest BCUT2D eigenvalue weighted by atomic mass is 9.81. The minimum absolute atomic E-state index is 0.0839. The van der Waals surface area contributed by atoms with Crippen molar-refractivity contribution >= 4 is 34.1 Å². The molecule has 3 aromatic carbocycles. The highest BCUT2D eigenvalue weighted by Crippen LogP contribution is 2.44. The third-order valence-corrected chi connectivity index (χ3v) is 5.84. The second-order valence-corrected chi connectivity index (χ2v) is 7.42. The van der Waals surface area contributed by atoms with Gasteiger partial charge in [0.15, 0.2) is 0 Å². The number of hydrogen-bond acceptors (Lipinski definition) is 2. The van der Waals surface area contributed by atoms with Gasteiger partial charge in [0, 0.05) is 29.5 Å². The van der Waals surface area contributed by atoms with Gasteiger partial charge >= 0.3 is 0 Å². The monoisotopic (exact) mass is 359 g/mol. The molecular formula is C23H21NOS. The number of carbonyl (C=O) groups is 1. The highest BCUT2D eigenvalue weighted by Gasteiger charge is 2.32. The zero-order chi connectivity index (χ0) is 18.1. The van der Waals surface area contributed by atoms with Crippen molar-refractivity contribution in [2.24, 2.45) is 0 Å². The molecule has 3 heteroatoms. The predicted molar refractivity (Wildman–Crippen MR) is 111 cm³/mol. The summed E-state index contributed by atoms with van der Waals surface area (Å²) in [5.74, 6) is 0.243. The summed E-state index contributed by atoms with van der Waals surface area (Å²) in [4.78, 5) is 16.0. The molecule has 1 heterocycles. The average Bonchev–Trinajstić information content (AvgIpc) is 2.69. The van der Waals surface area contributed by atoms with E-state index in [1.54, 1.807) is 17.8 Å². The van der Waals surface area contributed by atoms with E-state index < -0.39 is 0 Å². The number of amides is 1. The van der Waals surface area contributed by atoms with Crippen LogP contribution >= 0.6 is 11.8 Å². The van der Waals surface area contributed by atoms with E-state index in [-0.39, 0.29) is 11.8 Å². The lowest BCUT2D eigenvalue weighted by Gasteiger charge is -2.35. The largest absolute Gasteiger partial charge is 0.308 e. The zero-order valence-corrected chi connectivity index (χ0v) is 15.6. The van der Waals surface area contributed by atoms with Crippen LogP contribution < -0.4 is 4.90 Å². The van der Waals surface area contributed by atoms with Gasteiger partial charge < -0.3 is 4.90 Å². The van der Waals surface area contributed by atoms with Gasteiger partial charge in [-0.3, -0.25) is 4.79 Å². The predicted octanol–water partition coefficient (Wildman–Crippen LogP) is 5.62. The van der Waals surface area contributed by atoms with Gasteiger partial charge in [0.05, 0.1) is 0 Å². The number of benzene rings is 3. The van der Waals surface area contributed by atoms with Gasteiger partial charge in [0.25, 0.3) is 0 Å². The van der Waals surface area contributed by atoms with E-state index in [1.165, 1.54) is 26.8 Å². The molecule has 0 saturated carbocycles. The number of carbonyl (C=O) groups excluding carboxylic acids is 1. The number of fused-ring (bicyclic) bond motifs is 3. The highest BCUT2D eigenvalue weighted by atomic mass is 32.2. The quantitative estimate of drug-likeness (QED) is 0.445. The van der Waals surface area contributed by atoms with Crippen LogP contribution in [0, 0.1) is 0 Å². The molecule has 26 heavy (non-hydrogen) atoms. The first kappa shape index (κ1) is 16.9. The molecule has 2 nitrogen and oxygen atoms in total. The van der Waals surface area contributed by atoms with Gasteiger partial charge in [0.2, 0.25) is 5.91 Å². The molecule has 4 rings (SSSR count). The molecule has 0 N–H and O–H groups in total. The van der Waals surface area contributed by atoms with Crippen LogP contribution in [0.25, 0.3) is 10.8 Å². The fourth-order valence-corrected chi connectivity index (χ4v) is 4.27. The zero-order valence-electron chi connectivity index (χ0n) is 14.8. The van der Waals surface area contributed by atoms with Crippen molar-refractivity contribution in [3.8, 4) is 0 Å². The van der Waals surface area contributed by atoms with Crippen LogP contribution in [-0.4, -0.2) is 18.7 Å². The Kier molecular flexibility index (Phi) is 4.56. The molecule has 3 aromatic rings. The van der Waals surface area contributed by atoms with Gasteiger partial charge in [-0.15, -0.1) is 18.3 Å². The molecular weight excluding hydrogens is 338 g/mol. The minimum atomic E-state index is 0.0839. The number of anilines is 1. The van der Waals surface area contributed by atoms with Crippen molar-refractivity contribution < 1.29 is 4.79 Å². The van der Waals surface area contributed by atoms with E-state index in [2.05, 4.69) is 73.5 Å². The smallest absolute Gasteiger partial charge is 0.228 e. The van der Waals surface area contributed by atoms with Crippen molar-refractivity contribution in [2.45, 2.75) is 17.2 Å². The van der Waals surface area contributed by atoms with Crippen molar-refractivity contribution in [1.82, 2.24) is 0 Å². The number of thioether (sulfide) groups is 1. The standard InChI is InChI=1S/C23H21NOS/c1-3-14-24-21-13-10-16-6-4-5-7-19(16)23(21)20(15-22(24)25)17-8-11-18(26-2)12-9-17/h3-13,20H,1,14-15H2,2H3. The molecule has 0 spiro atoms. The maximum absolute atomic E-state index is 12.9. The molecule has 1 atom stereocenters. The highest BCUT2D eigenvalue weighted by molar-refractivity contribution is 7.98. The lowest BCUT2D eigenvalue weighted by Crippen LogP contribution is -2.37. The Morgan fingerprint density at radius 1 is 1.12 bits per heavy atom. The Bertz CT molecular complexity index is 977. The van der Waals surface area contributed by atoms with E-state index in [4.69, 9.17) is 0 Å². The summed E-state index contributed by atoms with van der Waals surface area (Å²) in [6.07, 6.45) is 4.37. The summed E-state index contributed by atoms with van der Waals surface area (Å²) in [5, 5.41) is 2.44. The topological polar surface area (TPSA) is 20.3 Å². The third-order valence-electron chi connectivity index (χ3n) is 5.10. The van der Waals surface area contributed by atoms with Crippen LogP contribution in [0.15, 0.2) is 78.2 Å². The molecule has 0 fully saturated rings. The van der Waals surface area contributed by atoms with Crippen molar-refractivity contribution in [3.05, 3.63) is 84.4 Å². The van der Waals surface area contributed by atoms with Crippen LogP contribution in [-0.2, 0) is 4.79 Å². The summed E-state index contributed by atoms with van der Waals surface area (Å²) in [7, 11) is 0. The Morgan fingerprint density at radius 3 is 2.62 bits per heavy atom. The van der Waals surface area contributed by atoms with Crippen molar-refractivity contribution in [1.29, 1.82) is 0 Å². The first-order chi connectivity index (χ1) is 12.7. The summed E-state index contributed by atoms with van der Waals surface area (Å²) in [6, 6.07) is 21.3.